The Bertz CT molecular complexity index is 676. The van der Waals surface area contributed by atoms with Crippen LogP contribution in [0.2, 0.25) is 0 Å². The molecule has 1 rings (SSSR count). The summed E-state index contributed by atoms with van der Waals surface area (Å²) in [5, 5.41) is 28.5. The van der Waals surface area contributed by atoms with E-state index in [0.29, 0.717) is 18.6 Å². The number of phenolic OH excluding ortho intramolecular Hbond substituents is 1. The Hall–Kier alpha value is -2.04. The van der Waals surface area contributed by atoms with Crippen molar-refractivity contribution in [3.05, 3.63) is 29.3 Å². The molecule has 1 aromatic rings. The fourth-order valence-corrected chi connectivity index (χ4v) is 3.32. The molecule has 0 unspecified atom stereocenters. The number of hydrogen-bond donors (Lipinski definition) is 3. The molecule has 0 bridgehead atoms. The summed E-state index contributed by atoms with van der Waals surface area (Å²) in [6, 6.07) is 5.86. The number of unbranched alkanes of at least 4 members (excludes halogenated alkanes) is 4. The summed E-state index contributed by atoms with van der Waals surface area (Å²) in [6.07, 6.45) is 8.65. The molecular formula is C24H38O5. The molecule has 0 heterocycles. The lowest BCUT2D eigenvalue weighted by atomic mass is 9.86. The van der Waals surface area contributed by atoms with Crippen molar-refractivity contribution in [3.63, 3.8) is 0 Å². The average molecular weight is 407 g/mol. The van der Waals surface area contributed by atoms with Crippen molar-refractivity contribution >= 4 is 11.9 Å². The van der Waals surface area contributed by atoms with Crippen LogP contribution in [0.25, 0.3) is 0 Å². The van der Waals surface area contributed by atoms with Crippen LogP contribution in [0, 0.1) is 10.8 Å². The van der Waals surface area contributed by atoms with Gasteiger partial charge in [-0.25, -0.2) is 0 Å². The summed E-state index contributed by atoms with van der Waals surface area (Å²) in [6.45, 7) is 7.04. The molecule has 0 saturated carbocycles. The van der Waals surface area contributed by atoms with Gasteiger partial charge in [-0.15, -0.1) is 0 Å². The third kappa shape index (κ3) is 8.88. The van der Waals surface area contributed by atoms with Gasteiger partial charge in [0, 0.05) is 0 Å². The zero-order valence-electron chi connectivity index (χ0n) is 18.5. The van der Waals surface area contributed by atoms with Gasteiger partial charge in [-0.2, -0.15) is 0 Å². The van der Waals surface area contributed by atoms with Crippen LogP contribution in [0.4, 0.5) is 0 Å². The molecular weight excluding hydrogens is 368 g/mol. The SMILES string of the molecule is CC(C)(CCCCCCc1ccc(CCCCC(C)(C)C(=O)O)cc1O)C(=O)O. The van der Waals surface area contributed by atoms with E-state index in [-0.39, 0.29) is 0 Å². The van der Waals surface area contributed by atoms with Gasteiger partial charge in [-0.1, -0.05) is 37.8 Å². The fraction of sp³-hybridized carbons (Fsp3) is 0.667. The quantitative estimate of drug-likeness (QED) is 0.338. The lowest BCUT2D eigenvalue weighted by Crippen LogP contribution is -2.23. The highest BCUT2D eigenvalue weighted by Gasteiger charge is 2.26. The first-order valence-corrected chi connectivity index (χ1v) is 10.7. The Morgan fingerprint density at radius 1 is 0.759 bits per heavy atom. The van der Waals surface area contributed by atoms with Gasteiger partial charge >= 0.3 is 11.9 Å². The monoisotopic (exact) mass is 406 g/mol. The zero-order valence-corrected chi connectivity index (χ0v) is 18.5. The maximum atomic E-state index is 11.1. The van der Waals surface area contributed by atoms with Gasteiger partial charge in [0.05, 0.1) is 10.8 Å². The summed E-state index contributed by atoms with van der Waals surface area (Å²) in [7, 11) is 0. The smallest absolute Gasteiger partial charge is 0.309 e. The molecule has 0 aliphatic heterocycles. The van der Waals surface area contributed by atoms with Crippen LogP contribution >= 0.6 is 0 Å². The number of phenols is 1. The maximum Gasteiger partial charge on any atom is 0.309 e. The van der Waals surface area contributed by atoms with Crippen LogP contribution in [0.3, 0.4) is 0 Å². The van der Waals surface area contributed by atoms with Gasteiger partial charge in [-0.05, 0) is 83.4 Å². The highest BCUT2D eigenvalue weighted by Crippen LogP contribution is 2.27. The van der Waals surface area contributed by atoms with Crippen molar-refractivity contribution in [1.82, 2.24) is 0 Å². The van der Waals surface area contributed by atoms with E-state index in [4.69, 9.17) is 10.2 Å². The first kappa shape index (κ1) is 25.0. The summed E-state index contributed by atoms with van der Waals surface area (Å²) in [5.74, 6) is -1.17. The van der Waals surface area contributed by atoms with Gasteiger partial charge in [0.2, 0.25) is 0 Å². The van der Waals surface area contributed by atoms with E-state index >= 15 is 0 Å². The summed E-state index contributed by atoms with van der Waals surface area (Å²) < 4.78 is 0. The number of carbonyl (C=O) groups is 2. The predicted octanol–water partition coefficient (Wildman–Crippen LogP) is 5.82. The van der Waals surface area contributed by atoms with Crippen LogP contribution in [0.1, 0.15) is 90.2 Å². The summed E-state index contributed by atoms with van der Waals surface area (Å²) in [5.41, 5.74) is 0.689. The Balaban J connectivity index is 2.31. The molecule has 0 aliphatic carbocycles. The third-order valence-corrected chi connectivity index (χ3v) is 5.82. The van der Waals surface area contributed by atoms with Crippen LogP contribution in [0.15, 0.2) is 18.2 Å². The molecule has 0 fully saturated rings. The number of aryl methyl sites for hydroxylation is 2. The highest BCUT2D eigenvalue weighted by molar-refractivity contribution is 5.73. The fourth-order valence-electron chi connectivity index (χ4n) is 3.32. The minimum Gasteiger partial charge on any atom is -0.508 e. The number of aliphatic carboxylic acids is 2. The number of rotatable bonds is 14. The molecule has 0 radical (unpaired) electrons. The predicted molar refractivity (Wildman–Crippen MR) is 115 cm³/mol. The molecule has 0 amide bonds. The van der Waals surface area contributed by atoms with Crippen molar-refractivity contribution in [2.24, 2.45) is 10.8 Å². The second kappa shape index (κ2) is 11.2. The first-order chi connectivity index (χ1) is 13.5. The molecule has 0 aromatic heterocycles. The van der Waals surface area contributed by atoms with Crippen molar-refractivity contribution in [3.8, 4) is 5.75 Å². The molecule has 0 aliphatic rings. The first-order valence-electron chi connectivity index (χ1n) is 10.7. The Labute approximate surface area is 175 Å². The maximum absolute atomic E-state index is 11.1. The molecule has 0 saturated heterocycles. The largest absolute Gasteiger partial charge is 0.508 e. The standard InChI is InChI=1S/C24H38O5/c1-23(2,21(26)27)15-9-6-5-7-12-19-14-13-18(17-20(19)25)11-8-10-16-24(3,4)22(28)29/h13-14,17,25H,5-12,15-16H2,1-4H3,(H,26,27)(H,28,29). The topological polar surface area (TPSA) is 94.8 Å². The Morgan fingerprint density at radius 3 is 1.76 bits per heavy atom. The van der Waals surface area contributed by atoms with Gasteiger partial charge in [0.25, 0.3) is 0 Å². The Morgan fingerprint density at radius 2 is 1.24 bits per heavy atom. The van der Waals surface area contributed by atoms with Gasteiger partial charge in [-0.3, -0.25) is 9.59 Å². The van der Waals surface area contributed by atoms with Gasteiger partial charge < -0.3 is 15.3 Å². The van der Waals surface area contributed by atoms with Crippen LogP contribution in [-0.4, -0.2) is 27.3 Å². The molecule has 164 valence electrons. The molecule has 0 spiro atoms. The molecule has 29 heavy (non-hydrogen) atoms. The average Bonchev–Trinajstić information content (AvgIpc) is 2.62. The van der Waals surface area contributed by atoms with Gasteiger partial charge in [0.1, 0.15) is 5.75 Å². The third-order valence-electron chi connectivity index (χ3n) is 5.82. The number of carboxylic acids is 2. The second-order valence-corrected chi connectivity index (χ2v) is 9.46. The van der Waals surface area contributed by atoms with E-state index in [1.54, 1.807) is 27.7 Å². The van der Waals surface area contributed by atoms with Crippen molar-refractivity contribution in [2.45, 2.75) is 91.9 Å². The number of benzene rings is 1. The molecule has 1 aromatic carbocycles. The lowest BCUT2D eigenvalue weighted by molar-refractivity contribution is -0.148. The molecule has 0 atom stereocenters. The minimum atomic E-state index is -0.759. The summed E-state index contributed by atoms with van der Waals surface area (Å²) in [4.78, 5) is 22.2. The van der Waals surface area contributed by atoms with E-state index in [9.17, 15) is 14.7 Å². The van der Waals surface area contributed by atoms with E-state index in [1.807, 2.05) is 18.2 Å². The Kier molecular flexibility index (Phi) is 9.67. The van der Waals surface area contributed by atoms with Crippen LogP contribution < -0.4 is 0 Å². The van der Waals surface area contributed by atoms with E-state index in [0.717, 1.165) is 62.5 Å². The minimum absolute atomic E-state index is 0.334. The molecule has 5 nitrogen and oxygen atoms in total. The number of hydrogen-bond acceptors (Lipinski definition) is 3. The highest BCUT2D eigenvalue weighted by atomic mass is 16.4. The zero-order chi connectivity index (χ0) is 22.1. The van der Waals surface area contributed by atoms with Crippen molar-refractivity contribution < 1.29 is 24.9 Å². The summed E-state index contributed by atoms with van der Waals surface area (Å²) >= 11 is 0. The van der Waals surface area contributed by atoms with Gasteiger partial charge in [0.15, 0.2) is 0 Å². The molecule has 3 N–H and O–H groups in total. The van der Waals surface area contributed by atoms with E-state index < -0.39 is 22.8 Å². The number of aromatic hydroxyl groups is 1. The van der Waals surface area contributed by atoms with Crippen LogP contribution in [-0.2, 0) is 22.4 Å². The molecule has 5 heteroatoms. The normalized spacial score (nSPS) is 12.1. The van der Waals surface area contributed by atoms with Crippen molar-refractivity contribution in [2.75, 3.05) is 0 Å². The number of carboxylic acid groups (broad SMARTS) is 2. The van der Waals surface area contributed by atoms with Crippen LogP contribution in [0.5, 0.6) is 5.75 Å². The van der Waals surface area contributed by atoms with E-state index in [1.165, 1.54) is 0 Å². The van der Waals surface area contributed by atoms with Crippen molar-refractivity contribution in [1.29, 1.82) is 0 Å². The van der Waals surface area contributed by atoms with E-state index in [2.05, 4.69) is 0 Å². The lowest BCUT2D eigenvalue weighted by Gasteiger charge is -2.18. The second-order valence-electron chi connectivity index (χ2n) is 9.46.